The van der Waals surface area contributed by atoms with Gasteiger partial charge in [-0.15, -0.1) is 11.3 Å². The molecular weight excluding hydrogens is 282 g/mol. The molecule has 1 aromatic rings. The molecule has 5 heteroatoms. The Bertz CT molecular complexity index is 492. The van der Waals surface area contributed by atoms with Crippen molar-refractivity contribution in [2.75, 3.05) is 39.3 Å². The maximum absolute atomic E-state index is 12.7. The lowest BCUT2D eigenvalue weighted by atomic mass is 10.0. The van der Waals surface area contributed by atoms with Gasteiger partial charge in [-0.05, 0) is 49.2 Å². The number of nitrogens with zero attached hydrogens (tertiary/aromatic N) is 2. The Labute approximate surface area is 130 Å². The molecule has 0 spiro atoms. The Hall–Kier alpha value is -0.910. The minimum absolute atomic E-state index is 0.332. The van der Waals surface area contributed by atoms with Crippen molar-refractivity contribution in [1.82, 2.24) is 15.1 Å². The molecule has 0 saturated carbocycles. The van der Waals surface area contributed by atoms with E-state index in [0.717, 1.165) is 57.4 Å². The lowest BCUT2D eigenvalue weighted by molar-refractivity contribution is -0.133. The zero-order valence-electron chi connectivity index (χ0n) is 12.3. The standard InChI is InChI=1S/C16H23N3OS/c20-16(11-18-9-12-7-17-8-13(12)10-18)19-5-1-3-14(19)15-4-2-6-21-15/h2,4,6,12-14,17H,1,3,5,7-11H2. The Morgan fingerprint density at radius 2 is 2.14 bits per heavy atom. The first-order chi connectivity index (χ1) is 10.3. The molecule has 3 saturated heterocycles. The van der Waals surface area contributed by atoms with Crippen LogP contribution in [-0.2, 0) is 4.79 Å². The topological polar surface area (TPSA) is 35.6 Å². The van der Waals surface area contributed by atoms with Crippen molar-refractivity contribution in [3.63, 3.8) is 0 Å². The van der Waals surface area contributed by atoms with Crippen molar-refractivity contribution < 1.29 is 4.79 Å². The lowest BCUT2D eigenvalue weighted by Gasteiger charge is -2.26. The van der Waals surface area contributed by atoms with Crippen LogP contribution >= 0.6 is 11.3 Å². The number of carbonyl (C=O) groups is 1. The summed E-state index contributed by atoms with van der Waals surface area (Å²) in [4.78, 5) is 18.6. The summed E-state index contributed by atoms with van der Waals surface area (Å²) < 4.78 is 0. The van der Waals surface area contributed by atoms with Crippen molar-refractivity contribution in [2.45, 2.75) is 18.9 Å². The van der Waals surface area contributed by atoms with Gasteiger partial charge in [0.05, 0.1) is 12.6 Å². The zero-order valence-corrected chi connectivity index (χ0v) is 13.1. The number of amides is 1. The molecule has 114 valence electrons. The number of carbonyl (C=O) groups excluding carboxylic acids is 1. The maximum atomic E-state index is 12.7. The van der Waals surface area contributed by atoms with Crippen LogP contribution in [-0.4, -0.2) is 55.0 Å². The molecule has 3 aliphatic heterocycles. The van der Waals surface area contributed by atoms with Crippen LogP contribution in [0.15, 0.2) is 17.5 Å². The number of hydrogen-bond acceptors (Lipinski definition) is 4. The lowest BCUT2D eigenvalue weighted by Crippen LogP contribution is -2.40. The highest BCUT2D eigenvalue weighted by atomic mass is 32.1. The van der Waals surface area contributed by atoms with Gasteiger partial charge in [0.2, 0.25) is 5.91 Å². The zero-order chi connectivity index (χ0) is 14.2. The van der Waals surface area contributed by atoms with E-state index in [1.54, 1.807) is 11.3 Å². The van der Waals surface area contributed by atoms with Crippen molar-refractivity contribution in [3.05, 3.63) is 22.4 Å². The molecule has 1 amide bonds. The molecule has 4 heterocycles. The largest absolute Gasteiger partial charge is 0.334 e. The highest BCUT2D eigenvalue weighted by molar-refractivity contribution is 7.10. The van der Waals surface area contributed by atoms with Crippen molar-refractivity contribution >= 4 is 17.2 Å². The van der Waals surface area contributed by atoms with E-state index in [0.29, 0.717) is 18.5 Å². The number of thiophene rings is 1. The van der Waals surface area contributed by atoms with Crippen molar-refractivity contribution in [1.29, 1.82) is 0 Å². The van der Waals surface area contributed by atoms with Gasteiger partial charge in [-0.25, -0.2) is 0 Å². The Balaban J connectivity index is 1.38. The van der Waals surface area contributed by atoms with E-state index >= 15 is 0 Å². The van der Waals surface area contributed by atoms with E-state index in [9.17, 15) is 4.79 Å². The van der Waals surface area contributed by atoms with Gasteiger partial charge in [0.15, 0.2) is 0 Å². The van der Waals surface area contributed by atoms with Crippen LogP contribution in [0, 0.1) is 11.8 Å². The van der Waals surface area contributed by atoms with Crippen LogP contribution in [0.5, 0.6) is 0 Å². The monoisotopic (exact) mass is 305 g/mol. The molecule has 1 aromatic heterocycles. The van der Waals surface area contributed by atoms with Gasteiger partial charge < -0.3 is 10.2 Å². The molecule has 3 aliphatic rings. The van der Waals surface area contributed by atoms with Crippen LogP contribution in [0.25, 0.3) is 0 Å². The molecule has 3 unspecified atom stereocenters. The summed E-state index contributed by atoms with van der Waals surface area (Å²) in [6.07, 6.45) is 2.27. The van der Waals surface area contributed by atoms with Gasteiger partial charge in [-0.1, -0.05) is 6.07 Å². The van der Waals surface area contributed by atoms with Crippen LogP contribution in [0.2, 0.25) is 0 Å². The summed E-state index contributed by atoms with van der Waals surface area (Å²) in [6.45, 7) is 6.02. The quantitative estimate of drug-likeness (QED) is 0.920. The predicted octanol–water partition coefficient (Wildman–Crippen LogP) is 1.56. The fraction of sp³-hybridized carbons (Fsp3) is 0.688. The molecule has 4 rings (SSSR count). The molecule has 3 fully saturated rings. The molecule has 1 N–H and O–H groups in total. The van der Waals surface area contributed by atoms with Crippen molar-refractivity contribution in [2.24, 2.45) is 11.8 Å². The van der Waals surface area contributed by atoms with Crippen LogP contribution in [0.4, 0.5) is 0 Å². The van der Waals surface area contributed by atoms with Gasteiger partial charge in [0, 0.05) is 24.5 Å². The van der Waals surface area contributed by atoms with Crippen molar-refractivity contribution in [3.8, 4) is 0 Å². The minimum atomic E-state index is 0.332. The van der Waals surface area contributed by atoms with E-state index < -0.39 is 0 Å². The SMILES string of the molecule is O=C(CN1CC2CNCC2C1)N1CCCC1c1cccs1. The van der Waals surface area contributed by atoms with Crippen LogP contribution < -0.4 is 5.32 Å². The third kappa shape index (κ3) is 2.62. The van der Waals surface area contributed by atoms with Gasteiger partial charge in [-0.3, -0.25) is 9.69 Å². The van der Waals surface area contributed by atoms with E-state index in [2.05, 4.69) is 32.6 Å². The first kappa shape index (κ1) is 13.7. The molecule has 0 radical (unpaired) electrons. The third-order valence-electron chi connectivity index (χ3n) is 5.27. The maximum Gasteiger partial charge on any atom is 0.237 e. The predicted molar refractivity (Wildman–Crippen MR) is 84.3 cm³/mol. The first-order valence-corrected chi connectivity index (χ1v) is 8.95. The fourth-order valence-electron chi connectivity index (χ4n) is 4.21. The van der Waals surface area contributed by atoms with E-state index in [1.807, 2.05) is 0 Å². The summed E-state index contributed by atoms with van der Waals surface area (Å²) in [5, 5.41) is 5.57. The van der Waals surface area contributed by atoms with Gasteiger partial charge in [0.25, 0.3) is 0 Å². The van der Waals surface area contributed by atoms with E-state index in [-0.39, 0.29) is 0 Å². The molecule has 3 atom stereocenters. The number of hydrogen-bond donors (Lipinski definition) is 1. The number of nitrogens with one attached hydrogen (secondary N) is 1. The average Bonchev–Trinajstić information content (AvgIpc) is 3.22. The fourth-order valence-corrected chi connectivity index (χ4v) is 5.08. The van der Waals surface area contributed by atoms with E-state index in [1.165, 1.54) is 4.88 Å². The smallest absolute Gasteiger partial charge is 0.237 e. The first-order valence-electron chi connectivity index (χ1n) is 8.07. The van der Waals surface area contributed by atoms with E-state index in [4.69, 9.17) is 0 Å². The Kier molecular flexibility index (Phi) is 3.73. The number of likely N-dealkylation sites (tertiary alicyclic amines) is 2. The molecule has 0 bridgehead atoms. The second-order valence-corrected chi connectivity index (χ2v) is 7.61. The van der Waals surface area contributed by atoms with Gasteiger partial charge >= 0.3 is 0 Å². The molecular formula is C16H23N3OS. The second kappa shape index (κ2) is 5.71. The van der Waals surface area contributed by atoms with Crippen LogP contribution in [0.3, 0.4) is 0 Å². The second-order valence-electron chi connectivity index (χ2n) is 6.63. The third-order valence-corrected chi connectivity index (χ3v) is 6.24. The molecule has 21 heavy (non-hydrogen) atoms. The van der Waals surface area contributed by atoms with Gasteiger partial charge in [0.1, 0.15) is 0 Å². The highest BCUT2D eigenvalue weighted by Crippen LogP contribution is 2.35. The number of fused-ring (bicyclic) bond motifs is 1. The van der Waals surface area contributed by atoms with Gasteiger partial charge in [-0.2, -0.15) is 0 Å². The molecule has 0 aromatic carbocycles. The summed E-state index contributed by atoms with van der Waals surface area (Å²) in [5.41, 5.74) is 0. The normalized spacial score (nSPS) is 32.8. The van der Waals surface area contributed by atoms with Crippen LogP contribution in [0.1, 0.15) is 23.8 Å². The Morgan fingerprint density at radius 1 is 1.33 bits per heavy atom. The highest BCUT2D eigenvalue weighted by Gasteiger charge is 2.38. The summed E-state index contributed by atoms with van der Waals surface area (Å²) in [6, 6.07) is 4.60. The average molecular weight is 305 g/mol. The summed E-state index contributed by atoms with van der Waals surface area (Å²) in [5.74, 6) is 1.87. The molecule has 0 aliphatic carbocycles. The molecule has 4 nitrogen and oxygen atoms in total. The summed E-state index contributed by atoms with van der Waals surface area (Å²) >= 11 is 1.78. The summed E-state index contributed by atoms with van der Waals surface area (Å²) in [7, 11) is 0. The minimum Gasteiger partial charge on any atom is -0.334 e. The number of rotatable bonds is 3. The Morgan fingerprint density at radius 3 is 2.86 bits per heavy atom.